The molecule has 1 atom stereocenters. The lowest BCUT2D eigenvalue weighted by Crippen LogP contribution is -2.04. The minimum absolute atomic E-state index is 0.713. The van der Waals surface area contributed by atoms with Crippen molar-refractivity contribution in [3.05, 3.63) is 12.4 Å². The van der Waals surface area contributed by atoms with Crippen molar-refractivity contribution in [1.29, 1.82) is 0 Å². The molecule has 0 N–H and O–H groups in total. The number of aryl methyl sites for hydroxylation is 1. The molecule has 0 bridgehead atoms. The van der Waals surface area contributed by atoms with E-state index in [1.807, 2.05) is 17.8 Å². The van der Waals surface area contributed by atoms with E-state index in [-0.39, 0.29) is 0 Å². The summed E-state index contributed by atoms with van der Waals surface area (Å²) in [5.41, 5.74) is 0. The zero-order chi connectivity index (χ0) is 17.5. The highest BCUT2D eigenvalue weighted by atomic mass is 32.2. The second-order valence-corrected chi connectivity index (χ2v) is 8.43. The van der Waals surface area contributed by atoms with Gasteiger partial charge in [-0.1, -0.05) is 90.4 Å². The number of hydrogen-bond acceptors (Lipinski definition) is 2. The van der Waals surface area contributed by atoms with Gasteiger partial charge in [-0.3, -0.25) is 4.21 Å². The van der Waals surface area contributed by atoms with Gasteiger partial charge in [0.2, 0.25) is 0 Å². The van der Waals surface area contributed by atoms with E-state index >= 15 is 0 Å². The molecule has 0 aliphatic heterocycles. The third kappa shape index (κ3) is 10.3. The lowest BCUT2D eigenvalue weighted by molar-refractivity contribution is 0.538. The third-order valence-corrected chi connectivity index (χ3v) is 6.12. The molecule has 0 aromatic carbocycles. The Balaban J connectivity index is 1.81. The number of hydrogen-bond donors (Lipinski definition) is 0. The average molecular weight is 355 g/mol. The fourth-order valence-corrected chi connectivity index (χ4v) is 4.30. The van der Waals surface area contributed by atoms with Crippen LogP contribution in [0.25, 0.3) is 0 Å². The molecular weight excluding hydrogens is 316 g/mol. The van der Waals surface area contributed by atoms with Gasteiger partial charge in [0.25, 0.3) is 0 Å². The number of imidazole rings is 1. The third-order valence-electron chi connectivity index (χ3n) is 4.66. The summed E-state index contributed by atoms with van der Waals surface area (Å²) in [5.74, 6) is 0.753. The molecule has 24 heavy (non-hydrogen) atoms. The molecule has 1 aromatic heterocycles. The largest absolute Gasteiger partial charge is 0.327 e. The van der Waals surface area contributed by atoms with Crippen molar-refractivity contribution >= 4 is 10.8 Å². The molecular formula is C20H38N2OS. The van der Waals surface area contributed by atoms with E-state index in [0.717, 1.165) is 12.2 Å². The summed E-state index contributed by atoms with van der Waals surface area (Å²) in [6.07, 6.45) is 22.6. The van der Waals surface area contributed by atoms with Crippen molar-refractivity contribution in [1.82, 2.24) is 9.55 Å². The normalized spacial score (nSPS) is 12.6. The van der Waals surface area contributed by atoms with Crippen LogP contribution in [0.2, 0.25) is 0 Å². The summed E-state index contributed by atoms with van der Waals surface area (Å²) < 4.78 is 13.9. The van der Waals surface area contributed by atoms with Crippen LogP contribution in [0.15, 0.2) is 17.6 Å². The van der Waals surface area contributed by atoms with Crippen LogP contribution in [0.4, 0.5) is 0 Å². The number of aromatic nitrogens is 2. The van der Waals surface area contributed by atoms with E-state index in [4.69, 9.17) is 0 Å². The van der Waals surface area contributed by atoms with E-state index in [9.17, 15) is 4.21 Å². The molecule has 0 fully saturated rings. The predicted octanol–water partition coefficient (Wildman–Crippen LogP) is 6.01. The van der Waals surface area contributed by atoms with Crippen molar-refractivity contribution < 1.29 is 4.21 Å². The highest BCUT2D eigenvalue weighted by molar-refractivity contribution is 7.84. The molecule has 0 amide bonds. The summed E-state index contributed by atoms with van der Waals surface area (Å²) in [5, 5.41) is 0.713. The van der Waals surface area contributed by atoms with Gasteiger partial charge in [0.15, 0.2) is 5.16 Å². The van der Waals surface area contributed by atoms with Crippen LogP contribution in [0, 0.1) is 0 Å². The smallest absolute Gasteiger partial charge is 0.198 e. The first-order valence-electron chi connectivity index (χ1n) is 10.1. The van der Waals surface area contributed by atoms with Crippen molar-refractivity contribution in [2.45, 2.75) is 102 Å². The Bertz CT molecular complexity index is 431. The van der Waals surface area contributed by atoms with E-state index in [1.54, 1.807) is 6.20 Å². The summed E-state index contributed by atoms with van der Waals surface area (Å²) in [6, 6.07) is 0. The van der Waals surface area contributed by atoms with Gasteiger partial charge < -0.3 is 4.57 Å². The molecule has 3 nitrogen and oxygen atoms in total. The van der Waals surface area contributed by atoms with E-state index in [2.05, 4.69) is 11.9 Å². The molecule has 1 aromatic rings. The van der Waals surface area contributed by atoms with Gasteiger partial charge in [-0.25, -0.2) is 4.98 Å². The lowest BCUT2D eigenvalue weighted by atomic mass is 10.0. The van der Waals surface area contributed by atoms with Gasteiger partial charge in [0, 0.05) is 25.2 Å². The maximum Gasteiger partial charge on any atom is 0.198 e. The molecule has 0 radical (unpaired) electrons. The number of unbranched alkanes of at least 4 members (excludes halogenated alkanes) is 13. The van der Waals surface area contributed by atoms with Gasteiger partial charge in [-0.15, -0.1) is 0 Å². The Labute approximate surface area is 152 Å². The number of rotatable bonds is 16. The van der Waals surface area contributed by atoms with Crippen LogP contribution in [0.3, 0.4) is 0 Å². The molecule has 0 saturated heterocycles. The van der Waals surface area contributed by atoms with Gasteiger partial charge in [0.1, 0.15) is 0 Å². The van der Waals surface area contributed by atoms with Gasteiger partial charge >= 0.3 is 0 Å². The van der Waals surface area contributed by atoms with Gasteiger partial charge in [-0.2, -0.15) is 0 Å². The van der Waals surface area contributed by atoms with Crippen LogP contribution < -0.4 is 0 Å². The summed E-state index contributed by atoms with van der Waals surface area (Å²) in [7, 11) is 0.980. The number of nitrogens with zero attached hydrogens (tertiary/aromatic N) is 2. The van der Waals surface area contributed by atoms with Crippen molar-refractivity contribution in [3.63, 3.8) is 0 Å². The lowest BCUT2D eigenvalue weighted by Gasteiger charge is -2.04. The Hall–Kier alpha value is -0.640. The zero-order valence-electron chi connectivity index (χ0n) is 16.0. The van der Waals surface area contributed by atoms with Crippen LogP contribution in [-0.4, -0.2) is 19.5 Å². The standard InChI is InChI=1S/C20H38N2OS/c1-3-4-5-6-7-8-9-10-11-12-13-14-15-16-19-24(23)20-21-17-18-22(20)2/h17-18H,3-16,19H2,1-2H3/t24-/m0/s1. The first-order valence-corrected chi connectivity index (χ1v) is 11.4. The predicted molar refractivity (Wildman–Crippen MR) is 105 cm³/mol. The average Bonchev–Trinajstić information content (AvgIpc) is 3.01. The molecule has 0 aliphatic carbocycles. The highest BCUT2D eigenvalue weighted by Crippen LogP contribution is 2.13. The van der Waals surface area contributed by atoms with Gasteiger partial charge in [-0.05, 0) is 6.42 Å². The zero-order valence-corrected chi connectivity index (χ0v) is 16.8. The second kappa shape index (κ2) is 14.7. The second-order valence-electron chi connectivity index (χ2n) is 6.97. The minimum Gasteiger partial charge on any atom is -0.327 e. The maximum atomic E-state index is 12.1. The molecule has 0 aliphatic rings. The fraction of sp³-hybridized carbons (Fsp3) is 0.850. The Morgan fingerprint density at radius 2 is 1.29 bits per heavy atom. The first-order chi connectivity index (χ1) is 11.8. The molecule has 4 heteroatoms. The summed E-state index contributed by atoms with van der Waals surface area (Å²) in [4.78, 5) is 4.16. The Morgan fingerprint density at radius 1 is 0.833 bits per heavy atom. The maximum absolute atomic E-state index is 12.1. The molecule has 140 valence electrons. The van der Waals surface area contributed by atoms with Crippen molar-refractivity contribution in [3.8, 4) is 0 Å². The Kier molecular flexibility index (Phi) is 13.1. The van der Waals surface area contributed by atoms with Gasteiger partial charge in [0.05, 0.1) is 10.8 Å². The highest BCUT2D eigenvalue weighted by Gasteiger charge is 2.08. The topological polar surface area (TPSA) is 34.9 Å². The SMILES string of the molecule is CCCCCCCCCCCCCCCC[S@](=O)c1nccn1C. The van der Waals surface area contributed by atoms with Crippen LogP contribution in [0.1, 0.15) is 96.8 Å². The molecule has 0 spiro atoms. The van der Waals surface area contributed by atoms with Crippen molar-refractivity contribution in [2.24, 2.45) is 7.05 Å². The molecule has 0 saturated carbocycles. The molecule has 1 heterocycles. The van der Waals surface area contributed by atoms with E-state index in [0.29, 0.717) is 5.16 Å². The van der Waals surface area contributed by atoms with E-state index < -0.39 is 10.8 Å². The first kappa shape index (κ1) is 21.4. The van der Waals surface area contributed by atoms with Crippen LogP contribution >= 0.6 is 0 Å². The molecule has 1 rings (SSSR count). The fourth-order valence-electron chi connectivity index (χ4n) is 3.09. The summed E-state index contributed by atoms with van der Waals surface area (Å²) in [6.45, 7) is 2.28. The Morgan fingerprint density at radius 3 is 1.71 bits per heavy atom. The monoisotopic (exact) mass is 354 g/mol. The minimum atomic E-state index is -0.928. The van der Waals surface area contributed by atoms with Crippen LogP contribution in [-0.2, 0) is 17.8 Å². The van der Waals surface area contributed by atoms with E-state index in [1.165, 1.54) is 83.5 Å². The molecule has 0 unspecified atom stereocenters. The quantitative estimate of drug-likeness (QED) is 0.341. The van der Waals surface area contributed by atoms with Crippen LogP contribution in [0.5, 0.6) is 0 Å². The summed E-state index contributed by atoms with van der Waals surface area (Å²) >= 11 is 0. The van der Waals surface area contributed by atoms with Crippen molar-refractivity contribution in [2.75, 3.05) is 5.75 Å².